The molecular weight excluding hydrogens is 603 g/mol. The predicted molar refractivity (Wildman–Crippen MR) is 164 cm³/mol. The van der Waals surface area contributed by atoms with E-state index < -0.39 is 17.4 Å². The highest BCUT2D eigenvalue weighted by Gasteiger charge is 2.49. The first-order valence-electron chi connectivity index (χ1n) is 14.1. The van der Waals surface area contributed by atoms with Crippen molar-refractivity contribution in [3.63, 3.8) is 0 Å². The Bertz CT molecular complexity index is 1450. The molecule has 11 heteroatoms. The fourth-order valence-electron chi connectivity index (χ4n) is 5.76. The minimum absolute atomic E-state index is 0.103. The molecule has 0 atom stereocenters. The maximum Gasteiger partial charge on any atom is 0.263 e. The van der Waals surface area contributed by atoms with E-state index in [0.717, 1.165) is 33.7 Å². The first-order chi connectivity index (χ1) is 20.0. The van der Waals surface area contributed by atoms with Crippen molar-refractivity contribution in [2.45, 2.75) is 50.5 Å². The maximum atomic E-state index is 13.8. The number of nitrogens with zero attached hydrogens (tertiary/aromatic N) is 2. The monoisotopic (exact) mass is 635 g/mol. The summed E-state index contributed by atoms with van der Waals surface area (Å²) in [7, 11) is 0. The standard InChI is InChI=1S/C31H33Cl2F2N3O3S/c1-2-17-41-22-6-3-20(4-7-22)27-24(23-8-5-21(32)18-25(23)33)19-26(42-27)28(39)37-13-9-30(10-14-37,29(36)40)38-15-11-31(34,35)12-16-38/h3-8,18-19H,2,9-17H2,1H3,(H2,36,40). The highest BCUT2D eigenvalue weighted by Crippen LogP contribution is 2.44. The van der Waals surface area contributed by atoms with Gasteiger partial charge in [-0.2, -0.15) is 0 Å². The summed E-state index contributed by atoms with van der Waals surface area (Å²) < 4.78 is 33.3. The first-order valence-corrected chi connectivity index (χ1v) is 15.6. The third-order valence-electron chi connectivity index (χ3n) is 8.19. The van der Waals surface area contributed by atoms with E-state index in [1.807, 2.05) is 43.3 Å². The molecule has 3 aromatic rings. The Labute approximate surface area is 258 Å². The molecule has 3 heterocycles. The molecule has 1 aromatic heterocycles. The number of primary amides is 1. The topological polar surface area (TPSA) is 75.9 Å². The molecule has 2 aliphatic rings. The van der Waals surface area contributed by atoms with Crippen LogP contribution in [-0.2, 0) is 4.79 Å². The van der Waals surface area contributed by atoms with Gasteiger partial charge in [0.25, 0.3) is 11.8 Å². The van der Waals surface area contributed by atoms with Crippen molar-refractivity contribution in [1.82, 2.24) is 9.80 Å². The number of thiophene rings is 1. The predicted octanol–water partition coefficient (Wildman–Crippen LogP) is 7.37. The van der Waals surface area contributed by atoms with Crippen molar-refractivity contribution in [1.29, 1.82) is 0 Å². The number of hydrogen-bond acceptors (Lipinski definition) is 5. The molecule has 224 valence electrons. The van der Waals surface area contributed by atoms with E-state index in [1.54, 1.807) is 21.9 Å². The van der Waals surface area contributed by atoms with Crippen LogP contribution in [0.15, 0.2) is 48.5 Å². The van der Waals surface area contributed by atoms with Crippen LogP contribution in [0, 0.1) is 0 Å². The number of nitrogens with two attached hydrogens (primary N) is 1. The van der Waals surface area contributed by atoms with E-state index in [0.29, 0.717) is 47.5 Å². The summed E-state index contributed by atoms with van der Waals surface area (Å²) in [6.07, 6.45) is 0.900. The molecule has 2 aromatic carbocycles. The Kier molecular flexibility index (Phi) is 9.13. The van der Waals surface area contributed by atoms with Crippen LogP contribution in [0.1, 0.15) is 48.7 Å². The number of alkyl halides is 2. The van der Waals surface area contributed by atoms with Gasteiger partial charge in [0.05, 0.1) is 11.5 Å². The summed E-state index contributed by atoms with van der Waals surface area (Å²) in [5, 5.41) is 0.984. The minimum atomic E-state index is -2.73. The summed E-state index contributed by atoms with van der Waals surface area (Å²) in [6.45, 7) is 3.47. The fourth-order valence-corrected chi connectivity index (χ4v) is 7.41. The first kappa shape index (κ1) is 30.7. The largest absolute Gasteiger partial charge is 0.494 e. The van der Waals surface area contributed by atoms with E-state index in [4.69, 9.17) is 33.7 Å². The average molecular weight is 637 g/mol. The molecular formula is C31H33Cl2F2N3O3S. The summed E-state index contributed by atoms with van der Waals surface area (Å²) in [6, 6.07) is 14.9. The van der Waals surface area contributed by atoms with Gasteiger partial charge in [-0.3, -0.25) is 14.5 Å². The van der Waals surface area contributed by atoms with Crippen molar-refractivity contribution >= 4 is 46.4 Å². The second kappa shape index (κ2) is 12.5. The van der Waals surface area contributed by atoms with Gasteiger partial charge in [0.2, 0.25) is 5.91 Å². The molecule has 2 saturated heterocycles. The van der Waals surface area contributed by atoms with Gasteiger partial charge in [-0.15, -0.1) is 11.3 Å². The Morgan fingerprint density at radius 3 is 2.21 bits per heavy atom. The van der Waals surface area contributed by atoms with Gasteiger partial charge in [-0.05, 0) is 67.3 Å². The lowest BCUT2D eigenvalue weighted by Gasteiger charge is -2.48. The van der Waals surface area contributed by atoms with Crippen molar-refractivity contribution in [2.24, 2.45) is 5.73 Å². The van der Waals surface area contributed by atoms with Gasteiger partial charge >= 0.3 is 0 Å². The van der Waals surface area contributed by atoms with Crippen LogP contribution in [0.2, 0.25) is 10.0 Å². The molecule has 0 radical (unpaired) electrons. The lowest BCUT2D eigenvalue weighted by Crippen LogP contribution is -2.64. The molecule has 2 aliphatic heterocycles. The molecule has 0 spiro atoms. The lowest BCUT2D eigenvalue weighted by atomic mass is 9.83. The number of amides is 2. The number of piperidine rings is 2. The smallest absolute Gasteiger partial charge is 0.263 e. The number of hydrogen-bond donors (Lipinski definition) is 1. The third kappa shape index (κ3) is 6.30. The molecule has 0 bridgehead atoms. The van der Waals surface area contributed by atoms with Crippen LogP contribution in [0.25, 0.3) is 21.6 Å². The zero-order valence-corrected chi connectivity index (χ0v) is 25.6. The Balaban J connectivity index is 1.41. The van der Waals surface area contributed by atoms with Gasteiger partial charge in [0, 0.05) is 65.1 Å². The molecule has 42 heavy (non-hydrogen) atoms. The maximum absolute atomic E-state index is 13.8. The van der Waals surface area contributed by atoms with Gasteiger partial charge in [-0.1, -0.05) is 36.2 Å². The van der Waals surface area contributed by atoms with Crippen LogP contribution >= 0.6 is 34.5 Å². The molecule has 6 nitrogen and oxygen atoms in total. The molecule has 0 aliphatic carbocycles. The Hall–Kier alpha value is -2.72. The number of carbonyl (C=O) groups excluding carboxylic acids is 2. The normalized spacial score (nSPS) is 18.5. The van der Waals surface area contributed by atoms with Gasteiger partial charge in [0.15, 0.2) is 0 Å². The van der Waals surface area contributed by atoms with Crippen LogP contribution in [0.5, 0.6) is 5.75 Å². The zero-order chi connectivity index (χ0) is 30.1. The summed E-state index contributed by atoms with van der Waals surface area (Å²) in [4.78, 5) is 31.4. The summed E-state index contributed by atoms with van der Waals surface area (Å²) in [5.74, 6) is -2.65. The SMILES string of the molecule is CCCOc1ccc(-c2sc(C(=O)N3CCC(C(N)=O)(N4CCC(F)(F)CC4)CC3)cc2-c2ccc(Cl)cc2Cl)cc1. The Morgan fingerprint density at radius 1 is 0.952 bits per heavy atom. The van der Waals surface area contributed by atoms with Gasteiger partial charge in [-0.25, -0.2) is 8.78 Å². The molecule has 0 saturated carbocycles. The molecule has 5 rings (SSSR count). The summed E-state index contributed by atoms with van der Waals surface area (Å²) >= 11 is 14.1. The van der Waals surface area contributed by atoms with E-state index in [9.17, 15) is 18.4 Å². The van der Waals surface area contributed by atoms with E-state index in [1.165, 1.54) is 11.3 Å². The van der Waals surface area contributed by atoms with Crippen LogP contribution in [0.4, 0.5) is 8.78 Å². The van der Waals surface area contributed by atoms with E-state index >= 15 is 0 Å². The second-order valence-corrected chi connectivity index (χ2v) is 12.8. The second-order valence-electron chi connectivity index (χ2n) is 10.9. The quantitative estimate of drug-likeness (QED) is 0.280. The van der Waals surface area contributed by atoms with Crippen molar-refractivity contribution < 1.29 is 23.1 Å². The number of rotatable bonds is 8. The van der Waals surface area contributed by atoms with Crippen molar-refractivity contribution in [3.8, 4) is 27.3 Å². The van der Waals surface area contributed by atoms with Crippen LogP contribution in [0.3, 0.4) is 0 Å². The number of likely N-dealkylation sites (tertiary alicyclic amines) is 2. The molecule has 2 N–H and O–H groups in total. The summed E-state index contributed by atoms with van der Waals surface area (Å²) in [5.41, 5.74) is 7.30. The highest BCUT2D eigenvalue weighted by atomic mass is 35.5. The number of halogens is 4. The number of carbonyl (C=O) groups is 2. The number of ether oxygens (including phenoxy) is 1. The van der Waals surface area contributed by atoms with Crippen molar-refractivity contribution in [3.05, 3.63) is 63.5 Å². The zero-order valence-electron chi connectivity index (χ0n) is 23.3. The van der Waals surface area contributed by atoms with Crippen LogP contribution < -0.4 is 10.5 Å². The minimum Gasteiger partial charge on any atom is -0.494 e. The van der Waals surface area contributed by atoms with E-state index in [2.05, 4.69) is 0 Å². The third-order valence-corrected chi connectivity index (χ3v) is 9.91. The van der Waals surface area contributed by atoms with Crippen LogP contribution in [-0.4, -0.2) is 65.9 Å². The fraction of sp³-hybridized carbons (Fsp3) is 0.419. The van der Waals surface area contributed by atoms with Gasteiger partial charge < -0.3 is 15.4 Å². The molecule has 0 unspecified atom stereocenters. The molecule has 2 amide bonds. The number of benzene rings is 2. The Morgan fingerprint density at radius 2 is 1.62 bits per heavy atom. The highest BCUT2D eigenvalue weighted by molar-refractivity contribution is 7.18. The molecule has 2 fully saturated rings. The average Bonchev–Trinajstić information content (AvgIpc) is 3.41. The lowest BCUT2D eigenvalue weighted by molar-refractivity contribution is -0.140. The van der Waals surface area contributed by atoms with Crippen molar-refractivity contribution in [2.75, 3.05) is 32.8 Å². The van der Waals surface area contributed by atoms with Gasteiger partial charge in [0.1, 0.15) is 11.3 Å². The van der Waals surface area contributed by atoms with E-state index in [-0.39, 0.29) is 31.8 Å².